The standard InChI is InChI=1S/C17H22N2O/c1-11-8-12(2)16(13(3)9-11)17(19-18)14-6-5-7-15(10-14)20-4/h5-10,17,19H,18H2,1-4H3. The molecular formula is C17H22N2O. The SMILES string of the molecule is COc1cccc(C(NN)c2c(C)cc(C)cc2C)c1. The summed E-state index contributed by atoms with van der Waals surface area (Å²) < 4.78 is 5.30. The maximum absolute atomic E-state index is 5.81. The predicted octanol–water partition coefficient (Wildman–Crippen LogP) is 3.17. The lowest BCUT2D eigenvalue weighted by Crippen LogP contribution is -2.30. The lowest BCUT2D eigenvalue weighted by atomic mass is 9.90. The van der Waals surface area contributed by atoms with Crippen molar-refractivity contribution in [2.45, 2.75) is 26.8 Å². The molecule has 2 aromatic carbocycles. The minimum Gasteiger partial charge on any atom is -0.497 e. The summed E-state index contributed by atoms with van der Waals surface area (Å²) in [4.78, 5) is 0. The maximum Gasteiger partial charge on any atom is 0.119 e. The van der Waals surface area contributed by atoms with Crippen LogP contribution in [0, 0.1) is 20.8 Å². The third-order valence-corrected chi connectivity index (χ3v) is 3.62. The van der Waals surface area contributed by atoms with Crippen LogP contribution < -0.4 is 16.0 Å². The second-order valence-corrected chi connectivity index (χ2v) is 5.19. The molecule has 0 amide bonds. The summed E-state index contributed by atoms with van der Waals surface area (Å²) in [5.74, 6) is 6.65. The summed E-state index contributed by atoms with van der Waals surface area (Å²) in [6.07, 6.45) is 0. The van der Waals surface area contributed by atoms with E-state index in [1.807, 2.05) is 18.2 Å². The molecule has 1 atom stereocenters. The summed E-state index contributed by atoms with van der Waals surface area (Å²) in [5, 5.41) is 0. The average molecular weight is 270 g/mol. The number of nitrogens with two attached hydrogens (primary N) is 1. The van der Waals surface area contributed by atoms with Crippen LogP contribution in [0.25, 0.3) is 0 Å². The fourth-order valence-electron chi connectivity index (χ4n) is 2.81. The molecule has 0 aliphatic heterocycles. The predicted molar refractivity (Wildman–Crippen MR) is 82.8 cm³/mol. The van der Waals surface area contributed by atoms with E-state index in [-0.39, 0.29) is 6.04 Å². The van der Waals surface area contributed by atoms with Gasteiger partial charge in [0, 0.05) is 0 Å². The van der Waals surface area contributed by atoms with Crippen molar-refractivity contribution in [3.63, 3.8) is 0 Å². The highest BCUT2D eigenvalue weighted by Gasteiger charge is 2.17. The summed E-state index contributed by atoms with van der Waals surface area (Å²) in [5.41, 5.74) is 9.01. The molecule has 3 N–H and O–H groups in total. The molecule has 106 valence electrons. The van der Waals surface area contributed by atoms with Crippen molar-refractivity contribution in [2.24, 2.45) is 5.84 Å². The number of methoxy groups -OCH3 is 1. The molecule has 3 heteroatoms. The van der Waals surface area contributed by atoms with E-state index in [0.29, 0.717) is 0 Å². The van der Waals surface area contributed by atoms with E-state index in [0.717, 1.165) is 11.3 Å². The zero-order valence-corrected chi connectivity index (χ0v) is 12.5. The molecule has 0 saturated carbocycles. The maximum atomic E-state index is 5.81. The minimum absolute atomic E-state index is 0.0364. The normalized spacial score (nSPS) is 12.2. The van der Waals surface area contributed by atoms with Gasteiger partial charge in [-0.3, -0.25) is 5.84 Å². The van der Waals surface area contributed by atoms with Crippen molar-refractivity contribution in [3.8, 4) is 5.75 Å². The van der Waals surface area contributed by atoms with Gasteiger partial charge in [0.05, 0.1) is 13.2 Å². The van der Waals surface area contributed by atoms with Crippen LogP contribution in [0.2, 0.25) is 0 Å². The number of hydrazine groups is 1. The van der Waals surface area contributed by atoms with Crippen LogP contribution >= 0.6 is 0 Å². The molecule has 0 aliphatic rings. The van der Waals surface area contributed by atoms with Crippen LogP contribution in [0.5, 0.6) is 5.75 Å². The monoisotopic (exact) mass is 270 g/mol. The largest absolute Gasteiger partial charge is 0.497 e. The average Bonchev–Trinajstić information content (AvgIpc) is 2.42. The lowest BCUT2D eigenvalue weighted by Gasteiger charge is -2.22. The Hall–Kier alpha value is -1.84. The number of hydrogen-bond acceptors (Lipinski definition) is 3. The van der Waals surface area contributed by atoms with Gasteiger partial charge in [0.15, 0.2) is 0 Å². The van der Waals surface area contributed by atoms with Crippen molar-refractivity contribution in [2.75, 3.05) is 7.11 Å². The summed E-state index contributed by atoms with van der Waals surface area (Å²) in [6, 6.07) is 12.3. The summed E-state index contributed by atoms with van der Waals surface area (Å²) in [7, 11) is 1.67. The highest BCUT2D eigenvalue weighted by molar-refractivity contribution is 5.45. The van der Waals surface area contributed by atoms with Gasteiger partial charge in [0.1, 0.15) is 5.75 Å². The third-order valence-electron chi connectivity index (χ3n) is 3.62. The zero-order valence-electron chi connectivity index (χ0n) is 12.5. The van der Waals surface area contributed by atoms with Gasteiger partial charge in [-0.2, -0.15) is 0 Å². The molecule has 0 radical (unpaired) electrons. The molecule has 2 aromatic rings. The molecule has 1 unspecified atom stereocenters. The van der Waals surface area contributed by atoms with Crippen molar-refractivity contribution < 1.29 is 4.74 Å². The van der Waals surface area contributed by atoms with E-state index in [9.17, 15) is 0 Å². The van der Waals surface area contributed by atoms with Crippen LogP contribution in [0.15, 0.2) is 36.4 Å². The Morgan fingerprint density at radius 3 is 2.25 bits per heavy atom. The van der Waals surface area contributed by atoms with E-state index in [2.05, 4.69) is 44.4 Å². The quantitative estimate of drug-likeness (QED) is 0.662. The van der Waals surface area contributed by atoms with E-state index < -0.39 is 0 Å². The number of aryl methyl sites for hydroxylation is 3. The Balaban J connectivity index is 2.52. The molecule has 0 aliphatic carbocycles. The van der Waals surface area contributed by atoms with Gasteiger partial charge in [-0.1, -0.05) is 29.8 Å². The fourth-order valence-corrected chi connectivity index (χ4v) is 2.81. The molecular weight excluding hydrogens is 248 g/mol. The van der Waals surface area contributed by atoms with Gasteiger partial charge in [-0.25, -0.2) is 5.43 Å². The first-order chi connectivity index (χ1) is 9.56. The number of nitrogens with one attached hydrogen (secondary N) is 1. The Labute approximate surface area is 120 Å². The summed E-state index contributed by atoms with van der Waals surface area (Å²) in [6.45, 7) is 6.36. The van der Waals surface area contributed by atoms with Crippen molar-refractivity contribution in [3.05, 3.63) is 64.2 Å². The first-order valence-electron chi connectivity index (χ1n) is 6.74. The van der Waals surface area contributed by atoms with Gasteiger partial charge in [0.25, 0.3) is 0 Å². The van der Waals surface area contributed by atoms with Crippen LogP contribution in [0.1, 0.15) is 33.9 Å². The third kappa shape index (κ3) is 2.84. The van der Waals surface area contributed by atoms with Crippen molar-refractivity contribution in [1.29, 1.82) is 0 Å². The van der Waals surface area contributed by atoms with Crippen LogP contribution in [0.3, 0.4) is 0 Å². The molecule has 0 fully saturated rings. The van der Waals surface area contributed by atoms with Gasteiger partial charge in [-0.15, -0.1) is 0 Å². The number of ether oxygens (including phenoxy) is 1. The molecule has 0 aromatic heterocycles. The number of benzene rings is 2. The minimum atomic E-state index is -0.0364. The lowest BCUT2D eigenvalue weighted by molar-refractivity contribution is 0.413. The highest BCUT2D eigenvalue weighted by atomic mass is 16.5. The fraction of sp³-hybridized carbons (Fsp3) is 0.294. The number of hydrogen-bond donors (Lipinski definition) is 2. The summed E-state index contributed by atoms with van der Waals surface area (Å²) >= 11 is 0. The van der Waals surface area contributed by atoms with Crippen LogP contribution in [-0.2, 0) is 0 Å². The smallest absolute Gasteiger partial charge is 0.119 e. The molecule has 2 rings (SSSR count). The molecule has 0 spiro atoms. The first-order valence-corrected chi connectivity index (χ1v) is 6.74. The van der Waals surface area contributed by atoms with Gasteiger partial charge in [-0.05, 0) is 55.2 Å². The van der Waals surface area contributed by atoms with E-state index in [1.165, 1.54) is 22.3 Å². The topological polar surface area (TPSA) is 47.3 Å². The van der Waals surface area contributed by atoms with Crippen molar-refractivity contribution in [1.82, 2.24) is 5.43 Å². The Morgan fingerprint density at radius 2 is 1.70 bits per heavy atom. The van der Waals surface area contributed by atoms with E-state index in [1.54, 1.807) is 7.11 Å². The van der Waals surface area contributed by atoms with Gasteiger partial charge < -0.3 is 4.74 Å². The zero-order chi connectivity index (χ0) is 14.7. The number of rotatable bonds is 4. The van der Waals surface area contributed by atoms with Gasteiger partial charge >= 0.3 is 0 Å². The first kappa shape index (κ1) is 14.6. The molecule has 3 nitrogen and oxygen atoms in total. The molecule has 20 heavy (non-hydrogen) atoms. The second-order valence-electron chi connectivity index (χ2n) is 5.19. The van der Waals surface area contributed by atoms with Crippen LogP contribution in [0.4, 0.5) is 0 Å². The Bertz CT molecular complexity index is 585. The molecule has 0 bridgehead atoms. The molecule has 0 heterocycles. The Kier molecular flexibility index (Phi) is 4.42. The van der Waals surface area contributed by atoms with Crippen LogP contribution in [-0.4, -0.2) is 7.11 Å². The van der Waals surface area contributed by atoms with E-state index in [4.69, 9.17) is 10.6 Å². The highest BCUT2D eigenvalue weighted by Crippen LogP contribution is 2.29. The van der Waals surface area contributed by atoms with Crippen molar-refractivity contribution >= 4 is 0 Å². The van der Waals surface area contributed by atoms with E-state index >= 15 is 0 Å². The van der Waals surface area contributed by atoms with Gasteiger partial charge in [0.2, 0.25) is 0 Å². The second kappa shape index (κ2) is 6.07. The molecule has 0 saturated heterocycles. The Morgan fingerprint density at radius 1 is 1.05 bits per heavy atom.